The quantitative estimate of drug-likeness (QED) is 0.250. The van der Waals surface area contributed by atoms with E-state index < -0.39 is 23.1 Å². The number of methoxy groups -OCH3 is 1. The molecular formula is C32H24F2N4O6. The van der Waals surface area contributed by atoms with Crippen LogP contribution in [0, 0.1) is 11.6 Å². The largest absolute Gasteiger partial charge is 0.495 e. The molecule has 10 nitrogen and oxygen atoms in total. The Morgan fingerprint density at radius 2 is 1.77 bits per heavy atom. The summed E-state index contributed by atoms with van der Waals surface area (Å²) >= 11 is 0. The summed E-state index contributed by atoms with van der Waals surface area (Å²) in [6.45, 7) is 1.66. The van der Waals surface area contributed by atoms with Gasteiger partial charge in [0.05, 0.1) is 24.9 Å². The molecule has 2 N–H and O–H groups in total. The molecule has 3 aromatic carbocycles. The predicted octanol–water partition coefficient (Wildman–Crippen LogP) is 5.61. The maximum absolute atomic E-state index is 15.3. The summed E-state index contributed by atoms with van der Waals surface area (Å²) in [7, 11) is 1.45. The van der Waals surface area contributed by atoms with E-state index in [-0.39, 0.29) is 41.0 Å². The molecule has 0 bridgehead atoms. The highest BCUT2D eigenvalue weighted by molar-refractivity contribution is 6.06. The van der Waals surface area contributed by atoms with E-state index in [2.05, 4.69) is 15.6 Å². The molecule has 1 aliphatic heterocycles. The van der Waals surface area contributed by atoms with Crippen LogP contribution in [-0.2, 0) is 11.2 Å². The lowest BCUT2D eigenvalue weighted by molar-refractivity contribution is -0.114. The van der Waals surface area contributed by atoms with E-state index in [1.165, 1.54) is 61.2 Å². The van der Waals surface area contributed by atoms with Crippen LogP contribution in [0.4, 0.5) is 20.2 Å². The Balaban J connectivity index is 1.28. The first-order chi connectivity index (χ1) is 21.2. The summed E-state index contributed by atoms with van der Waals surface area (Å²) in [5.74, 6) is -1.67. The molecule has 1 aliphatic rings. The summed E-state index contributed by atoms with van der Waals surface area (Å²) in [5.41, 5.74) is 1.06. The van der Waals surface area contributed by atoms with Gasteiger partial charge >= 0.3 is 0 Å². The van der Waals surface area contributed by atoms with Crippen molar-refractivity contribution in [1.82, 2.24) is 9.55 Å². The highest BCUT2D eigenvalue weighted by Gasteiger charge is 2.27. The molecule has 0 atom stereocenters. The molecule has 6 rings (SSSR count). The zero-order valence-corrected chi connectivity index (χ0v) is 23.4. The normalized spacial score (nSPS) is 11.9. The minimum absolute atomic E-state index is 0.0735. The first kappa shape index (κ1) is 28.3. The Morgan fingerprint density at radius 3 is 2.50 bits per heavy atom. The lowest BCUT2D eigenvalue weighted by atomic mass is 10.1. The topological polar surface area (TPSA) is 121 Å². The second-order valence-corrected chi connectivity index (χ2v) is 9.87. The second-order valence-electron chi connectivity index (χ2n) is 9.87. The number of fused-ring (bicyclic) bond motifs is 2. The van der Waals surface area contributed by atoms with Crippen LogP contribution in [0.15, 0.2) is 77.9 Å². The third-order valence-electron chi connectivity index (χ3n) is 6.93. The van der Waals surface area contributed by atoms with Crippen molar-refractivity contribution in [2.45, 2.75) is 13.3 Å². The van der Waals surface area contributed by atoms with Crippen LogP contribution in [0.5, 0.6) is 23.0 Å². The number of rotatable bonds is 7. The lowest BCUT2D eigenvalue weighted by Crippen LogP contribution is -2.29. The van der Waals surface area contributed by atoms with Crippen LogP contribution in [0.3, 0.4) is 0 Å². The highest BCUT2D eigenvalue weighted by Crippen LogP contribution is 2.37. The van der Waals surface area contributed by atoms with Crippen LogP contribution in [-0.4, -0.2) is 35.1 Å². The van der Waals surface area contributed by atoms with Crippen LogP contribution in [0.25, 0.3) is 16.6 Å². The van der Waals surface area contributed by atoms with Crippen molar-refractivity contribution in [3.8, 4) is 28.7 Å². The number of hydrogen-bond acceptors (Lipinski definition) is 7. The Kier molecular flexibility index (Phi) is 7.39. The van der Waals surface area contributed by atoms with Gasteiger partial charge in [0.15, 0.2) is 11.6 Å². The van der Waals surface area contributed by atoms with Gasteiger partial charge in [-0.2, -0.15) is 0 Å². The van der Waals surface area contributed by atoms with Crippen molar-refractivity contribution in [3.05, 3.63) is 106 Å². The number of nitrogens with zero attached hydrogens (tertiary/aromatic N) is 2. The van der Waals surface area contributed by atoms with Gasteiger partial charge in [0.1, 0.15) is 28.6 Å². The molecule has 0 aliphatic carbocycles. The van der Waals surface area contributed by atoms with Crippen molar-refractivity contribution >= 4 is 34.1 Å². The van der Waals surface area contributed by atoms with E-state index in [1.807, 2.05) is 0 Å². The van der Waals surface area contributed by atoms with Gasteiger partial charge in [-0.05, 0) is 54.6 Å². The summed E-state index contributed by atoms with van der Waals surface area (Å²) < 4.78 is 46.9. The first-order valence-corrected chi connectivity index (χ1v) is 13.4. The molecular weight excluding hydrogens is 574 g/mol. The highest BCUT2D eigenvalue weighted by atomic mass is 19.1. The molecule has 5 aromatic rings. The summed E-state index contributed by atoms with van der Waals surface area (Å²) in [4.78, 5) is 42.6. The molecule has 0 spiro atoms. The van der Waals surface area contributed by atoms with Gasteiger partial charge in [0.2, 0.25) is 5.91 Å². The average Bonchev–Trinajstić information content (AvgIpc) is 3.46. The van der Waals surface area contributed by atoms with E-state index in [1.54, 1.807) is 24.4 Å². The third kappa shape index (κ3) is 5.40. The molecule has 0 fully saturated rings. The van der Waals surface area contributed by atoms with Gasteiger partial charge in [-0.15, -0.1) is 0 Å². The number of aromatic nitrogens is 2. The van der Waals surface area contributed by atoms with Crippen molar-refractivity contribution in [2.24, 2.45) is 0 Å². The maximum atomic E-state index is 15.3. The molecule has 222 valence electrons. The Bertz CT molecular complexity index is 2010. The van der Waals surface area contributed by atoms with Crippen molar-refractivity contribution < 1.29 is 32.6 Å². The first-order valence-electron chi connectivity index (χ1n) is 13.4. The Labute approximate surface area is 248 Å². The van der Waals surface area contributed by atoms with E-state index in [0.29, 0.717) is 40.0 Å². The van der Waals surface area contributed by atoms with E-state index in [9.17, 15) is 18.8 Å². The summed E-state index contributed by atoms with van der Waals surface area (Å²) in [6.07, 6.45) is 3.52. The molecule has 12 heteroatoms. The standard InChI is InChI=1S/C32H24F2N4O6/c1-17(39)36-25-15-24-22(14-28(25)42-2)26(9-11-35-24)44-27-8-5-20(13-23(27)34)37-31(40)29-30-18(10-12-43-30)16-38(32(29)41)21-6-3-19(33)4-7-21/h3-9,11,13-16H,10,12H2,1-2H3,(H,36,39)(H,37,40). The Morgan fingerprint density at radius 1 is 0.977 bits per heavy atom. The maximum Gasteiger partial charge on any atom is 0.271 e. The summed E-state index contributed by atoms with van der Waals surface area (Å²) in [5, 5.41) is 5.75. The minimum atomic E-state index is -0.792. The number of nitrogens with one attached hydrogen (secondary N) is 2. The zero-order chi connectivity index (χ0) is 31.0. The van der Waals surface area contributed by atoms with Crippen molar-refractivity contribution in [2.75, 3.05) is 24.4 Å². The van der Waals surface area contributed by atoms with Crippen LogP contribution in [0.2, 0.25) is 0 Å². The lowest BCUT2D eigenvalue weighted by Gasteiger charge is -2.14. The summed E-state index contributed by atoms with van der Waals surface area (Å²) in [6, 6.07) is 13.9. The molecule has 2 amide bonds. The third-order valence-corrected chi connectivity index (χ3v) is 6.93. The number of ether oxygens (including phenoxy) is 3. The van der Waals surface area contributed by atoms with E-state index in [4.69, 9.17) is 14.2 Å². The van der Waals surface area contributed by atoms with Crippen LogP contribution >= 0.6 is 0 Å². The monoisotopic (exact) mass is 598 g/mol. The van der Waals surface area contributed by atoms with E-state index in [0.717, 1.165) is 6.07 Å². The molecule has 2 aromatic heterocycles. The number of hydrogen-bond donors (Lipinski definition) is 2. The smallest absolute Gasteiger partial charge is 0.271 e. The SMILES string of the molecule is COc1cc2c(Oc3ccc(NC(=O)c4c5c(cn(-c6ccc(F)cc6)c4=O)CCO5)cc3F)ccnc2cc1NC(C)=O. The molecule has 0 saturated carbocycles. The Hall–Kier alpha value is -5.78. The van der Waals surface area contributed by atoms with Crippen molar-refractivity contribution in [3.63, 3.8) is 0 Å². The number of amides is 2. The fourth-order valence-corrected chi connectivity index (χ4v) is 4.92. The van der Waals surface area contributed by atoms with Gasteiger partial charge in [-0.3, -0.25) is 23.9 Å². The minimum Gasteiger partial charge on any atom is -0.495 e. The molecule has 44 heavy (non-hydrogen) atoms. The van der Waals surface area contributed by atoms with Gasteiger partial charge < -0.3 is 24.8 Å². The predicted molar refractivity (Wildman–Crippen MR) is 158 cm³/mol. The van der Waals surface area contributed by atoms with Gasteiger partial charge in [-0.1, -0.05) is 0 Å². The number of carbonyl (C=O) groups is 2. The van der Waals surface area contributed by atoms with Gasteiger partial charge in [0, 0.05) is 54.1 Å². The van der Waals surface area contributed by atoms with Crippen molar-refractivity contribution in [1.29, 1.82) is 0 Å². The molecule has 0 radical (unpaired) electrons. The van der Waals surface area contributed by atoms with E-state index >= 15 is 4.39 Å². The number of anilines is 2. The van der Waals surface area contributed by atoms with Crippen LogP contribution in [0.1, 0.15) is 22.8 Å². The number of carbonyl (C=O) groups excluding carboxylic acids is 2. The molecule has 0 unspecified atom stereocenters. The van der Waals surface area contributed by atoms with Gasteiger partial charge in [0.25, 0.3) is 11.5 Å². The molecule has 0 saturated heterocycles. The molecule has 3 heterocycles. The number of benzene rings is 3. The second kappa shape index (κ2) is 11.5. The fourth-order valence-electron chi connectivity index (χ4n) is 4.92. The number of pyridine rings is 2. The zero-order valence-electron chi connectivity index (χ0n) is 23.4. The fraction of sp³-hybridized carbons (Fsp3) is 0.125. The van der Waals surface area contributed by atoms with Crippen LogP contribution < -0.4 is 30.4 Å². The van der Waals surface area contributed by atoms with Gasteiger partial charge in [-0.25, -0.2) is 8.78 Å². The average molecular weight is 599 g/mol. The number of halogens is 2.